The zero-order valence-electron chi connectivity index (χ0n) is 21.0. The van der Waals surface area contributed by atoms with E-state index in [1.165, 1.54) is 0 Å². The van der Waals surface area contributed by atoms with Crippen LogP contribution in [0, 0.1) is 0 Å². The molecule has 0 saturated heterocycles. The molecule has 2 heterocycles. The number of nitrogens with one attached hydrogen (secondary N) is 1. The van der Waals surface area contributed by atoms with E-state index >= 15 is 0 Å². The number of hydrogen-bond donors (Lipinski definition) is 3. The highest BCUT2D eigenvalue weighted by Crippen LogP contribution is 2.27. The molecule has 4 aromatic rings. The first-order valence-electron chi connectivity index (χ1n) is 12.4. The Morgan fingerprint density at radius 1 is 1.11 bits per heavy atom. The van der Waals surface area contributed by atoms with Crippen LogP contribution >= 0.6 is 11.6 Å². The largest absolute Gasteiger partial charge is 0.489 e. The molecule has 1 atom stereocenters. The van der Waals surface area contributed by atoms with Gasteiger partial charge in [-0.15, -0.1) is 0 Å². The third-order valence-corrected chi connectivity index (χ3v) is 6.34. The van der Waals surface area contributed by atoms with Crippen molar-refractivity contribution in [1.29, 1.82) is 0 Å². The summed E-state index contributed by atoms with van der Waals surface area (Å²) in [6.07, 6.45) is 5.45. The van der Waals surface area contributed by atoms with Crippen LogP contribution in [0.4, 0.5) is 0 Å². The molecule has 2 aromatic carbocycles. The molecule has 7 nitrogen and oxygen atoms in total. The zero-order valence-corrected chi connectivity index (χ0v) is 21.8. The van der Waals surface area contributed by atoms with Crippen LogP contribution in [0.3, 0.4) is 0 Å². The van der Waals surface area contributed by atoms with E-state index in [1.807, 2.05) is 67.0 Å². The smallest absolute Gasteiger partial charge is 0.251 e. The predicted octanol–water partition coefficient (Wildman–Crippen LogP) is 4.70. The number of ether oxygens (including phenoxy) is 1. The third kappa shape index (κ3) is 6.68. The first-order chi connectivity index (χ1) is 17.9. The lowest BCUT2D eigenvalue weighted by Gasteiger charge is -2.19. The zero-order chi connectivity index (χ0) is 26.4. The van der Waals surface area contributed by atoms with Crippen molar-refractivity contribution in [2.45, 2.75) is 45.3 Å². The number of benzene rings is 2. The van der Waals surface area contributed by atoms with Gasteiger partial charge in [0.05, 0.1) is 16.8 Å². The summed E-state index contributed by atoms with van der Waals surface area (Å²) in [5.41, 5.74) is 5.13. The van der Waals surface area contributed by atoms with Crippen molar-refractivity contribution in [3.8, 4) is 17.0 Å². The number of imidazole rings is 1. The molecule has 0 aliphatic heterocycles. The van der Waals surface area contributed by atoms with Crippen molar-refractivity contribution in [1.82, 2.24) is 14.7 Å². The summed E-state index contributed by atoms with van der Waals surface area (Å²) in [5.74, 6) is 0.284. The van der Waals surface area contributed by atoms with Crippen molar-refractivity contribution >= 4 is 23.2 Å². The van der Waals surface area contributed by atoms with Gasteiger partial charge in [-0.2, -0.15) is 0 Å². The van der Waals surface area contributed by atoms with Crippen LogP contribution in [0.25, 0.3) is 16.9 Å². The number of aliphatic hydroxyl groups is 2. The monoisotopic (exact) mass is 521 g/mol. The number of hydrogen-bond acceptors (Lipinski definition) is 5. The molecule has 0 aliphatic carbocycles. The highest BCUT2D eigenvalue weighted by Gasteiger charge is 2.16. The van der Waals surface area contributed by atoms with Crippen molar-refractivity contribution in [2.24, 2.45) is 0 Å². The lowest BCUT2D eigenvalue weighted by molar-refractivity contribution is 0.0930. The molecule has 0 fully saturated rings. The van der Waals surface area contributed by atoms with E-state index in [2.05, 4.69) is 5.32 Å². The molecule has 0 aliphatic rings. The van der Waals surface area contributed by atoms with Crippen LogP contribution in [0.5, 0.6) is 5.75 Å². The molecular formula is C29H32ClN3O4. The lowest BCUT2D eigenvalue weighted by atomic mass is 10.0. The molecule has 0 radical (unpaired) electrons. The summed E-state index contributed by atoms with van der Waals surface area (Å²) in [6.45, 7) is 3.86. The second-order valence-corrected chi connectivity index (χ2v) is 9.67. The Hall–Kier alpha value is -3.39. The first kappa shape index (κ1) is 26.7. The summed E-state index contributed by atoms with van der Waals surface area (Å²) >= 11 is 6.30. The molecular weight excluding hydrogens is 490 g/mol. The van der Waals surface area contributed by atoms with Gasteiger partial charge in [-0.3, -0.25) is 4.79 Å². The number of aromatic nitrogens is 2. The second-order valence-electron chi connectivity index (χ2n) is 9.26. The molecule has 194 valence electrons. The van der Waals surface area contributed by atoms with Gasteiger partial charge in [-0.1, -0.05) is 41.9 Å². The minimum absolute atomic E-state index is 0.0195. The fourth-order valence-corrected chi connectivity index (χ4v) is 4.49. The standard InChI is InChI=1S/C29H32ClN3O4/c1-19(2)37-27-10-9-23(17-25(27)30)29(36)31-24(12-15-35)16-20-5-7-21(8-6-20)26-18-33-13-3-4-22(11-14-34)28(33)32-26/h3-10,13,17-19,24,34-35H,11-12,14-16H2,1-2H3,(H,31,36). The van der Waals surface area contributed by atoms with Crippen LogP contribution in [0.15, 0.2) is 67.0 Å². The fourth-order valence-electron chi connectivity index (χ4n) is 4.26. The normalized spacial score (nSPS) is 12.2. The minimum Gasteiger partial charge on any atom is -0.489 e. The lowest BCUT2D eigenvalue weighted by Crippen LogP contribution is -2.37. The van der Waals surface area contributed by atoms with Crippen molar-refractivity contribution < 1.29 is 19.7 Å². The van der Waals surface area contributed by atoms with E-state index in [9.17, 15) is 15.0 Å². The summed E-state index contributed by atoms with van der Waals surface area (Å²) in [5, 5.41) is 22.3. The molecule has 0 bridgehead atoms. The molecule has 1 amide bonds. The number of pyridine rings is 1. The van der Waals surface area contributed by atoms with Crippen LogP contribution in [-0.4, -0.2) is 50.9 Å². The highest BCUT2D eigenvalue weighted by molar-refractivity contribution is 6.32. The Kier molecular flexibility index (Phi) is 8.82. The summed E-state index contributed by atoms with van der Waals surface area (Å²) in [6, 6.07) is 16.7. The predicted molar refractivity (Wildman–Crippen MR) is 145 cm³/mol. The van der Waals surface area contributed by atoms with Crippen molar-refractivity contribution in [3.63, 3.8) is 0 Å². The van der Waals surface area contributed by atoms with Gasteiger partial charge in [0, 0.05) is 42.8 Å². The van der Waals surface area contributed by atoms with Gasteiger partial charge in [0.15, 0.2) is 0 Å². The van der Waals surface area contributed by atoms with Crippen LogP contribution in [-0.2, 0) is 12.8 Å². The molecule has 0 spiro atoms. The van der Waals surface area contributed by atoms with Gasteiger partial charge in [0.1, 0.15) is 11.4 Å². The number of halogens is 1. The Morgan fingerprint density at radius 3 is 2.57 bits per heavy atom. The van der Waals surface area contributed by atoms with Crippen molar-refractivity contribution in [3.05, 3.63) is 88.7 Å². The molecule has 1 unspecified atom stereocenters. The average molecular weight is 522 g/mol. The molecule has 37 heavy (non-hydrogen) atoms. The summed E-state index contributed by atoms with van der Waals surface area (Å²) in [4.78, 5) is 17.7. The molecule has 8 heteroatoms. The highest BCUT2D eigenvalue weighted by atomic mass is 35.5. The van der Waals surface area contributed by atoms with Crippen LogP contribution < -0.4 is 10.1 Å². The molecule has 3 N–H and O–H groups in total. The van der Waals surface area contributed by atoms with E-state index in [0.29, 0.717) is 35.6 Å². The molecule has 0 saturated carbocycles. The SMILES string of the molecule is CC(C)Oc1ccc(C(=O)NC(CCO)Cc2ccc(-c3cn4cccc(CCO)c4n3)cc2)cc1Cl. The topological polar surface area (TPSA) is 96.1 Å². The van der Waals surface area contributed by atoms with Gasteiger partial charge in [0.2, 0.25) is 0 Å². The van der Waals surface area contributed by atoms with E-state index in [4.69, 9.17) is 21.3 Å². The maximum absolute atomic E-state index is 12.9. The number of carbonyl (C=O) groups excluding carboxylic acids is 1. The Labute approximate surface area is 221 Å². The van der Waals surface area contributed by atoms with Crippen LogP contribution in [0.2, 0.25) is 5.02 Å². The van der Waals surface area contributed by atoms with Gasteiger partial charge in [-0.25, -0.2) is 4.98 Å². The average Bonchev–Trinajstić information content (AvgIpc) is 3.31. The Balaban J connectivity index is 1.45. The fraction of sp³-hybridized carbons (Fsp3) is 0.310. The third-order valence-electron chi connectivity index (χ3n) is 6.05. The Bertz CT molecular complexity index is 1350. The maximum atomic E-state index is 12.9. The summed E-state index contributed by atoms with van der Waals surface area (Å²) < 4.78 is 7.61. The van der Waals surface area contributed by atoms with Gasteiger partial charge in [0.25, 0.3) is 5.91 Å². The first-order valence-corrected chi connectivity index (χ1v) is 12.8. The van der Waals surface area contributed by atoms with E-state index in [0.717, 1.165) is 28.0 Å². The van der Waals surface area contributed by atoms with Gasteiger partial charge in [-0.05, 0) is 68.5 Å². The number of rotatable bonds is 11. The Morgan fingerprint density at radius 2 is 1.89 bits per heavy atom. The minimum atomic E-state index is -0.253. The van der Waals surface area contributed by atoms with Gasteiger partial charge >= 0.3 is 0 Å². The van der Waals surface area contributed by atoms with Gasteiger partial charge < -0.3 is 24.7 Å². The number of amides is 1. The number of fused-ring (bicyclic) bond motifs is 1. The quantitative estimate of drug-likeness (QED) is 0.266. The number of aliphatic hydroxyl groups excluding tert-OH is 2. The maximum Gasteiger partial charge on any atom is 0.251 e. The number of nitrogens with zero attached hydrogens (tertiary/aromatic N) is 2. The molecule has 2 aromatic heterocycles. The number of carbonyl (C=O) groups is 1. The van der Waals surface area contributed by atoms with Crippen molar-refractivity contribution in [2.75, 3.05) is 13.2 Å². The molecule has 4 rings (SSSR count). The van der Waals surface area contributed by atoms with E-state index in [-0.39, 0.29) is 31.3 Å². The second kappa shape index (κ2) is 12.2. The van der Waals surface area contributed by atoms with E-state index < -0.39 is 0 Å². The van der Waals surface area contributed by atoms with E-state index in [1.54, 1.807) is 18.2 Å². The summed E-state index contributed by atoms with van der Waals surface area (Å²) in [7, 11) is 0. The van der Waals surface area contributed by atoms with Crippen LogP contribution in [0.1, 0.15) is 41.8 Å².